The van der Waals surface area contributed by atoms with Crippen LogP contribution in [0.1, 0.15) is 11.1 Å². The van der Waals surface area contributed by atoms with Crippen molar-refractivity contribution in [2.45, 2.75) is 25.4 Å². The third-order valence-electron chi connectivity index (χ3n) is 4.20. The van der Waals surface area contributed by atoms with Crippen LogP contribution in [0.25, 0.3) is 0 Å². The number of carbonyl (C=O) groups excluding carboxylic acids is 1. The van der Waals surface area contributed by atoms with Gasteiger partial charge in [0, 0.05) is 25.5 Å². The van der Waals surface area contributed by atoms with Crippen molar-refractivity contribution in [2.75, 3.05) is 26.3 Å². The van der Waals surface area contributed by atoms with E-state index in [-0.39, 0.29) is 31.8 Å². The summed E-state index contributed by atoms with van der Waals surface area (Å²) in [5, 5.41) is 0. The molecule has 9 heteroatoms. The second-order valence-corrected chi connectivity index (χ2v) is 6.28. The molecule has 1 aromatic carbocycles. The van der Waals surface area contributed by atoms with Crippen molar-refractivity contribution in [1.29, 1.82) is 0 Å². The Labute approximate surface area is 154 Å². The van der Waals surface area contributed by atoms with Crippen molar-refractivity contribution < 1.29 is 27.4 Å². The van der Waals surface area contributed by atoms with Crippen molar-refractivity contribution in [1.82, 2.24) is 14.5 Å². The van der Waals surface area contributed by atoms with Gasteiger partial charge in [-0.2, -0.15) is 13.2 Å². The Kier molecular flexibility index (Phi) is 6.12. The SMILES string of the molecule is O=C(Cn1ccnc1)N1CCOC(COCc2cccc(C(F)(F)F)c2)C1. The van der Waals surface area contributed by atoms with E-state index in [9.17, 15) is 18.0 Å². The molecule has 1 unspecified atom stereocenters. The van der Waals surface area contributed by atoms with Gasteiger partial charge in [-0.1, -0.05) is 12.1 Å². The van der Waals surface area contributed by atoms with Gasteiger partial charge in [0.25, 0.3) is 0 Å². The Morgan fingerprint density at radius 1 is 1.37 bits per heavy atom. The summed E-state index contributed by atoms with van der Waals surface area (Å²) >= 11 is 0. The zero-order valence-electron chi connectivity index (χ0n) is 14.6. The van der Waals surface area contributed by atoms with Gasteiger partial charge >= 0.3 is 6.18 Å². The monoisotopic (exact) mass is 383 g/mol. The largest absolute Gasteiger partial charge is 0.416 e. The van der Waals surface area contributed by atoms with Gasteiger partial charge in [0.1, 0.15) is 6.54 Å². The maximum atomic E-state index is 12.7. The summed E-state index contributed by atoms with van der Waals surface area (Å²) in [6.45, 7) is 1.73. The van der Waals surface area contributed by atoms with Crippen LogP contribution in [0.5, 0.6) is 0 Å². The molecule has 0 radical (unpaired) electrons. The quantitative estimate of drug-likeness (QED) is 0.769. The molecule has 2 aromatic rings. The number of amides is 1. The topological polar surface area (TPSA) is 56.6 Å². The number of benzene rings is 1. The van der Waals surface area contributed by atoms with Crippen LogP contribution >= 0.6 is 0 Å². The van der Waals surface area contributed by atoms with Gasteiger partial charge in [-0.3, -0.25) is 4.79 Å². The number of nitrogens with zero attached hydrogens (tertiary/aromatic N) is 3. The summed E-state index contributed by atoms with van der Waals surface area (Å²) in [4.78, 5) is 17.9. The van der Waals surface area contributed by atoms with Crippen LogP contribution in [0.15, 0.2) is 43.0 Å². The first-order valence-corrected chi connectivity index (χ1v) is 8.51. The Hall–Kier alpha value is -2.39. The third-order valence-corrected chi connectivity index (χ3v) is 4.20. The minimum absolute atomic E-state index is 0.0424. The van der Waals surface area contributed by atoms with Crippen LogP contribution in [0.3, 0.4) is 0 Å². The average molecular weight is 383 g/mol. The molecule has 3 rings (SSSR count). The van der Waals surface area contributed by atoms with Crippen molar-refractivity contribution in [3.05, 3.63) is 54.1 Å². The van der Waals surface area contributed by atoms with Crippen molar-refractivity contribution >= 4 is 5.91 Å². The van der Waals surface area contributed by atoms with Crippen LogP contribution < -0.4 is 0 Å². The summed E-state index contributed by atoms with van der Waals surface area (Å²) in [7, 11) is 0. The molecule has 6 nitrogen and oxygen atoms in total. The molecule has 1 aliphatic heterocycles. The molecule has 1 amide bonds. The number of hydrogen-bond acceptors (Lipinski definition) is 4. The molecule has 146 valence electrons. The Morgan fingerprint density at radius 2 is 2.22 bits per heavy atom. The molecule has 2 heterocycles. The van der Waals surface area contributed by atoms with Gasteiger partial charge in [0.05, 0.1) is 37.8 Å². The third kappa shape index (κ3) is 5.54. The van der Waals surface area contributed by atoms with E-state index in [1.807, 2.05) is 0 Å². The number of rotatable bonds is 6. The minimum atomic E-state index is -4.38. The molecule has 1 aliphatic rings. The molecule has 1 atom stereocenters. The molecule has 1 aromatic heterocycles. The number of aromatic nitrogens is 2. The normalized spacial score (nSPS) is 17.9. The van der Waals surface area contributed by atoms with E-state index in [2.05, 4.69) is 4.98 Å². The van der Waals surface area contributed by atoms with E-state index < -0.39 is 11.7 Å². The predicted molar refractivity (Wildman–Crippen MR) is 89.6 cm³/mol. The van der Waals surface area contributed by atoms with E-state index in [1.54, 1.807) is 34.3 Å². The molecule has 0 saturated carbocycles. The van der Waals surface area contributed by atoms with Crippen LogP contribution in [-0.2, 0) is 33.6 Å². The lowest BCUT2D eigenvalue weighted by atomic mass is 10.1. The lowest BCUT2D eigenvalue weighted by Gasteiger charge is -2.33. The predicted octanol–water partition coefficient (Wildman–Crippen LogP) is 2.35. The van der Waals surface area contributed by atoms with Crippen LogP contribution in [0, 0.1) is 0 Å². The lowest BCUT2D eigenvalue weighted by molar-refractivity contribution is -0.142. The van der Waals surface area contributed by atoms with Gasteiger partial charge in [0.15, 0.2) is 0 Å². The standard InChI is InChI=1S/C18H20F3N3O3/c19-18(20,21)15-3-1-2-14(8-15)11-26-12-16-9-24(6-7-27-16)17(25)10-23-5-4-22-13-23/h1-5,8,13,16H,6-7,9-12H2. The molecule has 1 saturated heterocycles. The number of halogens is 3. The van der Waals surface area contributed by atoms with Crippen LogP contribution in [0.2, 0.25) is 0 Å². The Balaban J connectivity index is 1.46. The molecule has 27 heavy (non-hydrogen) atoms. The molecular formula is C18H20F3N3O3. The van der Waals surface area contributed by atoms with Crippen LogP contribution in [-0.4, -0.2) is 52.8 Å². The number of ether oxygens (including phenoxy) is 2. The smallest absolute Gasteiger partial charge is 0.374 e. The fraction of sp³-hybridized carbons (Fsp3) is 0.444. The van der Waals surface area contributed by atoms with E-state index in [0.717, 1.165) is 12.1 Å². The molecule has 0 N–H and O–H groups in total. The van der Waals surface area contributed by atoms with E-state index in [1.165, 1.54) is 6.07 Å². The fourth-order valence-electron chi connectivity index (χ4n) is 2.83. The highest BCUT2D eigenvalue weighted by Gasteiger charge is 2.30. The second kappa shape index (κ2) is 8.53. The molecule has 0 spiro atoms. The molecular weight excluding hydrogens is 363 g/mol. The van der Waals surface area contributed by atoms with Gasteiger partial charge < -0.3 is 18.9 Å². The Morgan fingerprint density at radius 3 is 2.96 bits per heavy atom. The average Bonchev–Trinajstić information content (AvgIpc) is 3.14. The summed E-state index contributed by atoms with van der Waals surface area (Å²) < 4.78 is 51.0. The van der Waals surface area contributed by atoms with Gasteiger partial charge in [-0.15, -0.1) is 0 Å². The highest BCUT2D eigenvalue weighted by Crippen LogP contribution is 2.29. The fourth-order valence-corrected chi connectivity index (χ4v) is 2.83. The number of carbonyl (C=O) groups is 1. The van der Waals surface area contributed by atoms with E-state index in [4.69, 9.17) is 9.47 Å². The van der Waals surface area contributed by atoms with Crippen LogP contribution in [0.4, 0.5) is 13.2 Å². The number of imidazole rings is 1. The minimum Gasteiger partial charge on any atom is -0.374 e. The highest BCUT2D eigenvalue weighted by molar-refractivity contribution is 5.76. The van der Waals surface area contributed by atoms with Crippen molar-refractivity contribution in [3.63, 3.8) is 0 Å². The lowest BCUT2D eigenvalue weighted by Crippen LogP contribution is -2.48. The van der Waals surface area contributed by atoms with Gasteiger partial charge in [-0.05, 0) is 17.7 Å². The summed E-state index contributed by atoms with van der Waals surface area (Å²) in [5.41, 5.74) is -0.262. The van der Waals surface area contributed by atoms with E-state index in [0.29, 0.717) is 25.3 Å². The van der Waals surface area contributed by atoms with Gasteiger partial charge in [-0.25, -0.2) is 4.98 Å². The van der Waals surface area contributed by atoms with E-state index >= 15 is 0 Å². The maximum Gasteiger partial charge on any atom is 0.416 e. The van der Waals surface area contributed by atoms with Gasteiger partial charge in [0.2, 0.25) is 5.91 Å². The summed E-state index contributed by atoms with van der Waals surface area (Å²) in [6, 6.07) is 5.03. The summed E-state index contributed by atoms with van der Waals surface area (Å²) in [6.07, 6.45) is 0.216. The van der Waals surface area contributed by atoms with Crippen molar-refractivity contribution in [2.24, 2.45) is 0 Å². The number of hydrogen-bond donors (Lipinski definition) is 0. The number of alkyl halides is 3. The summed E-state index contributed by atoms with van der Waals surface area (Å²) in [5.74, 6) is -0.0424. The second-order valence-electron chi connectivity index (χ2n) is 6.28. The zero-order valence-corrected chi connectivity index (χ0v) is 14.6. The first kappa shape index (κ1) is 19.4. The maximum absolute atomic E-state index is 12.7. The molecule has 1 fully saturated rings. The first-order chi connectivity index (χ1) is 12.9. The molecule has 0 bridgehead atoms. The van der Waals surface area contributed by atoms with Crippen molar-refractivity contribution in [3.8, 4) is 0 Å². The highest BCUT2D eigenvalue weighted by atomic mass is 19.4. The Bertz CT molecular complexity index is 750. The number of morpholine rings is 1. The zero-order chi connectivity index (χ0) is 19.3. The first-order valence-electron chi connectivity index (χ1n) is 8.51. The molecule has 0 aliphatic carbocycles.